The van der Waals surface area contributed by atoms with Crippen LogP contribution in [0.1, 0.15) is 33.1 Å². The largest absolute Gasteiger partial charge is 0.409 e. The van der Waals surface area contributed by atoms with E-state index in [9.17, 15) is 0 Å². The Hall–Kier alpha value is -0.810. The molecule has 0 radical (unpaired) electrons. The van der Waals surface area contributed by atoms with Gasteiger partial charge in [0, 0.05) is 25.2 Å². The Bertz CT molecular complexity index is 294. The molecule has 0 bridgehead atoms. The van der Waals surface area contributed by atoms with Gasteiger partial charge in [-0.25, -0.2) is 0 Å². The van der Waals surface area contributed by atoms with Gasteiger partial charge in [-0.05, 0) is 32.7 Å². The first-order valence-electron chi connectivity index (χ1n) is 6.64. The smallest absolute Gasteiger partial charge is 0.156 e. The highest BCUT2D eigenvalue weighted by molar-refractivity contribution is 5.85. The molecular formula is C12H24N4O. The highest BCUT2D eigenvalue weighted by atomic mass is 16.4. The van der Waals surface area contributed by atoms with Gasteiger partial charge in [0.25, 0.3) is 0 Å². The minimum absolute atomic E-state index is 0.0812. The molecule has 2 rings (SSSR count). The molecule has 3 atom stereocenters. The van der Waals surface area contributed by atoms with Crippen molar-refractivity contribution in [1.29, 1.82) is 0 Å². The van der Waals surface area contributed by atoms with Gasteiger partial charge in [0.1, 0.15) is 0 Å². The predicted molar refractivity (Wildman–Crippen MR) is 68.3 cm³/mol. The van der Waals surface area contributed by atoms with Gasteiger partial charge in [-0.2, -0.15) is 0 Å². The first-order chi connectivity index (χ1) is 8.17. The number of nitrogens with two attached hydrogens (primary N) is 1. The SMILES string of the molecule is CCC(C(N)=NO)N1CC2CCCN2CC1C. The van der Waals surface area contributed by atoms with Crippen molar-refractivity contribution in [2.24, 2.45) is 10.9 Å². The zero-order chi connectivity index (χ0) is 12.4. The van der Waals surface area contributed by atoms with Crippen LogP contribution in [0, 0.1) is 0 Å². The van der Waals surface area contributed by atoms with E-state index >= 15 is 0 Å². The van der Waals surface area contributed by atoms with E-state index < -0.39 is 0 Å². The van der Waals surface area contributed by atoms with Crippen molar-refractivity contribution in [3.05, 3.63) is 0 Å². The van der Waals surface area contributed by atoms with Crippen molar-refractivity contribution in [3.63, 3.8) is 0 Å². The van der Waals surface area contributed by atoms with Crippen molar-refractivity contribution in [3.8, 4) is 0 Å². The normalized spacial score (nSPS) is 33.6. The lowest BCUT2D eigenvalue weighted by Gasteiger charge is -2.45. The summed E-state index contributed by atoms with van der Waals surface area (Å²) in [7, 11) is 0. The first-order valence-corrected chi connectivity index (χ1v) is 6.64. The Morgan fingerprint density at radius 3 is 2.94 bits per heavy atom. The van der Waals surface area contributed by atoms with E-state index in [1.807, 2.05) is 0 Å². The monoisotopic (exact) mass is 240 g/mol. The van der Waals surface area contributed by atoms with Crippen LogP contribution in [0.4, 0.5) is 0 Å². The number of hydrogen-bond donors (Lipinski definition) is 2. The average Bonchev–Trinajstić information content (AvgIpc) is 2.76. The number of fused-ring (bicyclic) bond motifs is 1. The molecule has 2 heterocycles. The summed E-state index contributed by atoms with van der Waals surface area (Å²) in [6.07, 6.45) is 3.49. The van der Waals surface area contributed by atoms with E-state index in [0.717, 1.165) is 19.5 Å². The minimum Gasteiger partial charge on any atom is -0.409 e. The van der Waals surface area contributed by atoms with Gasteiger partial charge < -0.3 is 10.9 Å². The van der Waals surface area contributed by atoms with Crippen LogP contribution in [0.15, 0.2) is 5.16 Å². The highest BCUT2D eigenvalue weighted by Crippen LogP contribution is 2.26. The average molecular weight is 240 g/mol. The Labute approximate surface area is 103 Å². The number of oxime groups is 1. The molecule has 0 aromatic heterocycles. The molecule has 98 valence electrons. The fraction of sp³-hybridized carbons (Fsp3) is 0.917. The van der Waals surface area contributed by atoms with Crippen molar-refractivity contribution in [2.45, 2.75) is 51.2 Å². The van der Waals surface area contributed by atoms with E-state index in [1.165, 1.54) is 19.4 Å². The summed E-state index contributed by atoms with van der Waals surface area (Å²) in [5.41, 5.74) is 5.80. The molecule has 2 aliphatic rings. The molecule has 0 aromatic carbocycles. The second kappa shape index (κ2) is 5.23. The van der Waals surface area contributed by atoms with Crippen LogP contribution < -0.4 is 5.73 Å². The highest BCUT2D eigenvalue weighted by Gasteiger charge is 2.37. The van der Waals surface area contributed by atoms with Gasteiger partial charge in [-0.15, -0.1) is 0 Å². The first kappa shape index (κ1) is 12.6. The Morgan fingerprint density at radius 1 is 1.53 bits per heavy atom. The Kier molecular flexibility index (Phi) is 3.89. The van der Waals surface area contributed by atoms with Gasteiger partial charge in [0.15, 0.2) is 5.84 Å². The molecule has 0 spiro atoms. The lowest BCUT2D eigenvalue weighted by molar-refractivity contribution is 0.0439. The van der Waals surface area contributed by atoms with E-state index in [-0.39, 0.29) is 6.04 Å². The van der Waals surface area contributed by atoms with Crippen molar-refractivity contribution < 1.29 is 5.21 Å². The van der Waals surface area contributed by atoms with Gasteiger partial charge in [-0.3, -0.25) is 9.80 Å². The summed E-state index contributed by atoms with van der Waals surface area (Å²) < 4.78 is 0. The van der Waals surface area contributed by atoms with E-state index in [1.54, 1.807) is 0 Å². The second-order valence-electron chi connectivity index (χ2n) is 5.29. The maximum absolute atomic E-state index is 8.87. The molecule has 3 unspecified atom stereocenters. The topological polar surface area (TPSA) is 65.1 Å². The zero-order valence-electron chi connectivity index (χ0n) is 10.8. The van der Waals surface area contributed by atoms with E-state index in [4.69, 9.17) is 10.9 Å². The number of rotatable bonds is 3. The van der Waals surface area contributed by atoms with Crippen LogP contribution in [0.3, 0.4) is 0 Å². The van der Waals surface area contributed by atoms with Gasteiger partial charge in [0.05, 0.1) is 6.04 Å². The van der Waals surface area contributed by atoms with Gasteiger partial charge in [0.2, 0.25) is 0 Å². The number of amidine groups is 1. The van der Waals surface area contributed by atoms with Crippen LogP contribution in [0.2, 0.25) is 0 Å². The molecule has 5 nitrogen and oxygen atoms in total. The lowest BCUT2D eigenvalue weighted by Crippen LogP contribution is -2.60. The van der Waals surface area contributed by atoms with Crippen LogP contribution in [0.25, 0.3) is 0 Å². The molecular weight excluding hydrogens is 216 g/mol. The minimum atomic E-state index is 0.0812. The third-order valence-corrected chi connectivity index (χ3v) is 4.23. The Morgan fingerprint density at radius 2 is 2.29 bits per heavy atom. The molecule has 2 aliphatic heterocycles. The number of hydrogen-bond acceptors (Lipinski definition) is 4. The van der Waals surface area contributed by atoms with Crippen molar-refractivity contribution in [1.82, 2.24) is 9.80 Å². The molecule has 0 aromatic rings. The fourth-order valence-electron chi connectivity index (χ4n) is 3.32. The zero-order valence-corrected chi connectivity index (χ0v) is 10.8. The summed E-state index contributed by atoms with van der Waals surface area (Å²) in [6.45, 7) is 7.73. The fourth-order valence-corrected chi connectivity index (χ4v) is 3.32. The molecule has 2 saturated heterocycles. The van der Waals surface area contributed by atoms with E-state index in [2.05, 4.69) is 28.8 Å². The summed E-state index contributed by atoms with van der Waals surface area (Å²) in [5, 5.41) is 12.1. The summed E-state index contributed by atoms with van der Waals surface area (Å²) in [6, 6.07) is 1.24. The maximum Gasteiger partial charge on any atom is 0.156 e. The van der Waals surface area contributed by atoms with Crippen LogP contribution in [-0.2, 0) is 0 Å². The quantitative estimate of drug-likeness (QED) is 0.329. The Balaban J connectivity index is 2.08. The third-order valence-electron chi connectivity index (χ3n) is 4.23. The van der Waals surface area contributed by atoms with E-state index in [0.29, 0.717) is 17.9 Å². The standard InChI is InChI=1S/C12H24N4O/c1-3-11(12(13)14-17)16-8-10-5-4-6-15(10)7-9(16)2/h9-11,17H,3-8H2,1-2H3,(H2,13,14). The molecule has 0 aliphatic carbocycles. The van der Waals surface area contributed by atoms with Crippen molar-refractivity contribution in [2.75, 3.05) is 19.6 Å². The van der Waals surface area contributed by atoms with Crippen LogP contribution in [0.5, 0.6) is 0 Å². The molecule has 0 amide bonds. The lowest BCUT2D eigenvalue weighted by atomic mass is 10.0. The molecule has 2 fully saturated rings. The summed E-state index contributed by atoms with van der Waals surface area (Å²) in [4.78, 5) is 4.99. The molecule has 17 heavy (non-hydrogen) atoms. The second-order valence-corrected chi connectivity index (χ2v) is 5.29. The summed E-state index contributed by atoms with van der Waals surface area (Å²) >= 11 is 0. The number of nitrogens with zero attached hydrogens (tertiary/aromatic N) is 3. The molecule has 0 saturated carbocycles. The summed E-state index contributed by atoms with van der Waals surface area (Å²) in [5.74, 6) is 0.353. The third kappa shape index (κ3) is 2.40. The van der Waals surface area contributed by atoms with Gasteiger partial charge in [-0.1, -0.05) is 12.1 Å². The number of piperazine rings is 1. The van der Waals surface area contributed by atoms with Crippen LogP contribution in [-0.4, -0.2) is 58.6 Å². The van der Waals surface area contributed by atoms with Gasteiger partial charge >= 0.3 is 0 Å². The predicted octanol–water partition coefficient (Wildman–Crippen LogP) is 0.680. The molecule has 5 heteroatoms. The van der Waals surface area contributed by atoms with Crippen molar-refractivity contribution >= 4 is 5.84 Å². The van der Waals surface area contributed by atoms with Crippen LogP contribution >= 0.6 is 0 Å². The maximum atomic E-state index is 8.87. The molecule has 3 N–H and O–H groups in total.